The van der Waals surface area contributed by atoms with Gasteiger partial charge in [-0.3, -0.25) is 10.2 Å². The summed E-state index contributed by atoms with van der Waals surface area (Å²) < 4.78 is 25.4. The van der Waals surface area contributed by atoms with Gasteiger partial charge in [0.1, 0.15) is 5.82 Å². The van der Waals surface area contributed by atoms with Crippen molar-refractivity contribution in [3.05, 3.63) is 63.3 Å². The van der Waals surface area contributed by atoms with Crippen LogP contribution in [0.4, 0.5) is 26.2 Å². The molecule has 0 aliphatic rings. The van der Waals surface area contributed by atoms with Crippen LogP contribution in [0.2, 0.25) is 15.7 Å². The molecule has 0 atom stereocenters. The Kier molecular flexibility index (Phi) is 8.85. The Morgan fingerprint density at radius 2 is 1.45 bits per heavy atom. The molecule has 0 aliphatic heterocycles. The number of rotatable bonds is 2. The molecule has 0 aromatic carbocycles. The Balaban J connectivity index is 0.000000181. The van der Waals surface area contributed by atoms with Crippen LogP contribution in [0.15, 0.2) is 24.5 Å². The number of nitrogens with zero attached hydrogens (tertiary/aromatic N) is 6. The van der Waals surface area contributed by atoms with E-state index in [2.05, 4.69) is 45.6 Å². The molecule has 0 unspecified atom stereocenters. The van der Waals surface area contributed by atoms with Gasteiger partial charge in [-0.2, -0.15) is 15.2 Å². The van der Waals surface area contributed by atoms with Crippen LogP contribution in [0.25, 0.3) is 0 Å². The van der Waals surface area contributed by atoms with Crippen LogP contribution in [-0.2, 0) is 0 Å². The van der Waals surface area contributed by atoms with Gasteiger partial charge in [-0.25, -0.2) is 23.7 Å². The van der Waals surface area contributed by atoms with Crippen molar-refractivity contribution in [2.75, 3.05) is 11.1 Å². The number of aryl methyl sites for hydroxylation is 2. The monoisotopic (exact) mass is 490 g/mol. The van der Waals surface area contributed by atoms with Crippen molar-refractivity contribution in [1.82, 2.24) is 40.3 Å². The number of H-pyrrole nitrogens is 2. The zero-order valence-corrected chi connectivity index (χ0v) is 18.2. The van der Waals surface area contributed by atoms with Crippen molar-refractivity contribution in [3.8, 4) is 0 Å². The number of nitrogen functional groups attached to an aromatic ring is 1. The van der Waals surface area contributed by atoms with Crippen LogP contribution < -0.4 is 11.1 Å². The van der Waals surface area contributed by atoms with E-state index in [9.17, 15) is 8.78 Å². The van der Waals surface area contributed by atoms with Crippen molar-refractivity contribution in [2.24, 2.45) is 0 Å². The molecule has 0 bridgehead atoms. The highest BCUT2D eigenvalue weighted by Gasteiger charge is 2.07. The highest BCUT2D eigenvalue weighted by Crippen LogP contribution is 2.17. The molecule has 0 aliphatic carbocycles. The average Bonchev–Trinajstić information content (AvgIpc) is 3.29. The minimum absolute atomic E-state index is 0.00139. The Morgan fingerprint density at radius 3 is 1.90 bits per heavy atom. The number of halogens is 5. The molecule has 164 valence electrons. The normalized spacial score (nSPS) is 9.90. The fraction of sp³-hybridized carbons (Fsp3) is 0.125. The maximum Gasteiger partial charge on any atom is 0.224 e. The van der Waals surface area contributed by atoms with Crippen molar-refractivity contribution in [1.29, 1.82) is 0 Å². The lowest BCUT2D eigenvalue weighted by Crippen LogP contribution is -1.98. The highest BCUT2D eigenvalue weighted by atomic mass is 35.5. The summed E-state index contributed by atoms with van der Waals surface area (Å²) in [5, 5.41) is 15.3. The Morgan fingerprint density at radius 1 is 0.871 bits per heavy atom. The van der Waals surface area contributed by atoms with Crippen LogP contribution in [-0.4, -0.2) is 40.3 Å². The lowest BCUT2D eigenvalue weighted by molar-refractivity contribution is 0.614. The van der Waals surface area contributed by atoms with Crippen molar-refractivity contribution in [2.45, 2.75) is 13.8 Å². The summed E-state index contributed by atoms with van der Waals surface area (Å²) in [5.41, 5.74) is 7.09. The van der Waals surface area contributed by atoms with Crippen LogP contribution >= 0.6 is 34.8 Å². The predicted molar refractivity (Wildman–Crippen MR) is 113 cm³/mol. The molecule has 0 radical (unpaired) electrons. The minimum Gasteiger partial charge on any atom is -0.382 e. The second-order valence-electron chi connectivity index (χ2n) is 5.65. The van der Waals surface area contributed by atoms with Crippen molar-refractivity contribution < 1.29 is 8.78 Å². The molecule has 4 heterocycles. The molecule has 4 rings (SSSR count). The molecular weight excluding hydrogens is 477 g/mol. The van der Waals surface area contributed by atoms with E-state index in [-0.39, 0.29) is 21.5 Å². The molecule has 4 aromatic heterocycles. The van der Waals surface area contributed by atoms with E-state index in [1.54, 1.807) is 12.1 Å². The Bertz CT molecular complexity index is 1120. The van der Waals surface area contributed by atoms with Gasteiger partial charge >= 0.3 is 0 Å². The number of hydrogen-bond acceptors (Lipinski definition) is 8. The summed E-state index contributed by atoms with van der Waals surface area (Å²) in [4.78, 5) is 13.8. The van der Waals surface area contributed by atoms with Crippen molar-refractivity contribution >= 4 is 52.3 Å². The first-order valence-corrected chi connectivity index (χ1v) is 9.35. The third-order valence-corrected chi connectivity index (χ3v) is 3.69. The first kappa shape index (κ1) is 24.2. The van der Waals surface area contributed by atoms with Crippen LogP contribution in [0.1, 0.15) is 11.4 Å². The second-order valence-corrected chi connectivity index (χ2v) is 6.68. The van der Waals surface area contributed by atoms with Gasteiger partial charge in [-0.1, -0.05) is 11.6 Å². The van der Waals surface area contributed by atoms with Gasteiger partial charge in [0.25, 0.3) is 0 Å². The zero-order chi connectivity index (χ0) is 23.0. The minimum atomic E-state index is -0.666. The van der Waals surface area contributed by atoms with E-state index in [0.717, 1.165) is 23.8 Å². The number of aromatic nitrogens is 8. The molecule has 31 heavy (non-hydrogen) atoms. The van der Waals surface area contributed by atoms with E-state index < -0.39 is 11.6 Å². The van der Waals surface area contributed by atoms with Gasteiger partial charge in [0.15, 0.2) is 28.4 Å². The number of aromatic amines is 2. The molecule has 0 saturated heterocycles. The lowest BCUT2D eigenvalue weighted by Gasteiger charge is -2.02. The van der Waals surface area contributed by atoms with Crippen molar-refractivity contribution in [3.63, 3.8) is 0 Å². The summed E-state index contributed by atoms with van der Waals surface area (Å²) in [7, 11) is 0. The number of anilines is 3. The third-order valence-electron chi connectivity index (χ3n) is 3.06. The summed E-state index contributed by atoms with van der Waals surface area (Å²) in [6, 6.07) is 3.50. The molecule has 0 saturated carbocycles. The molecule has 0 spiro atoms. The average molecular weight is 492 g/mol. The van der Waals surface area contributed by atoms with E-state index in [1.165, 1.54) is 0 Å². The maximum absolute atomic E-state index is 13.2. The highest BCUT2D eigenvalue weighted by molar-refractivity contribution is 6.31. The SMILES string of the molecule is Cc1cc(N)n[nH]1.Cc1cc(Nc2nc(Cl)ncc2F)n[nH]1.Fc1cnc(Cl)nc1Cl. The molecule has 0 fully saturated rings. The summed E-state index contributed by atoms with van der Waals surface area (Å²) in [5.74, 6) is -0.221. The summed E-state index contributed by atoms with van der Waals surface area (Å²) in [6.45, 7) is 3.74. The lowest BCUT2D eigenvalue weighted by atomic mass is 10.4. The molecule has 0 amide bonds. The number of nitrogens with two attached hydrogens (primary N) is 1. The smallest absolute Gasteiger partial charge is 0.224 e. The first-order chi connectivity index (χ1) is 14.6. The van der Waals surface area contributed by atoms with Gasteiger partial charge in [0, 0.05) is 23.5 Å². The zero-order valence-electron chi connectivity index (χ0n) is 16.0. The van der Waals surface area contributed by atoms with Gasteiger partial charge in [0.05, 0.1) is 12.4 Å². The van der Waals surface area contributed by atoms with E-state index in [4.69, 9.17) is 40.5 Å². The fourth-order valence-electron chi connectivity index (χ4n) is 1.80. The van der Waals surface area contributed by atoms with Gasteiger partial charge in [0.2, 0.25) is 10.6 Å². The van der Waals surface area contributed by atoms with E-state index in [0.29, 0.717) is 11.6 Å². The molecule has 15 heteroatoms. The fourth-order valence-corrected chi connectivity index (χ4v) is 2.24. The van der Waals surface area contributed by atoms with Crippen LogP contribution in [0, 0.1) is 25.5 Å². The third kappa shape index (κ3) is 8.28. The number of hydrogen-bond donors (Lipinski definition) is 4. The van der Waals surface area contributed by atoms with E-state index >= 15 is 0 Å². The largest absolute Gasteiger partial charge is 0.382 e. The second kappa shape index (κ2) is 11.3. The Hall–Kier alpha value is -3.09. The summed E-state index contributed by atoms with van der Waals surface area (Å²) >= 11 is 16.0. The Labute approximate surface area is 189 Å². The molecule has 10 nitrogen and oxygen atoms in total. The van der Waals surface area contributed by atoms with Gasteiger partial charge in [-0.15, -0.1) is 0 Å². The van der Waals surface area contributed by atoms with Crippen LogP contribution in [0.3, 0.4) is 0 Å². The number of nitrogens with one attached hydrogen (secondary N) is 3. The quantitative estimate of drug-likeness (QED) is 0.240. The molecule has 5 N–H and O–H groups in total. The van der Waals surface area contributed by atoms with E-state index in [1.807, 2.05) is 13.8 Å². The predicted octanol–water partition coefficient (Wildman–Crippen LogP) is 4.27. The summed E-state index contributed by atoms with van der Waals surface area (Å²) in [6.07, 6.45) is 1.91. The first-order valence-electron chi connectivity index (χ1n) is 8.22. The van der Waals surface area contributed by atoms with Gasteiger partial charge < -0.3 is 11.1 Å². The van der Waals surface area contributed by atoms with Crippen LogP contribution in [0.5, 0.6) is 0 Å². The molecular formula is C16H15Cl3F2N10. The maximum atomic E-state index is 13.2. The van der Waals surface area contributed by atoms with Gasteiger partial charge in [-0.05, 0) is 37.0 Å². The standard InChI is InChI=1S/C8H7ClFN5.C4HCl2FN2.C4H7N3/c1-4-2-6(15-14-4)12-7-5(10)3-11-8(9)13-7;5-3-2(7)1-8-4(6)9-3;1-3-2-4(5)7-6-3/h2-3H,1H3,(H2,11,12,13,14,15);1H;2H,1H3,(H3,5,6,7). The topological polar surface area (TPSA) is 147 Å². The molecule has 4 aromatic rings.